The van der Waals surface area contributed by atoms with Crippen molar-refractivity contribution in [2.45, 2.75) is 16.5 Å². The summed E-state index contributed by atoms with van der Waals surface area (Å²) in [6.07, 6.45) is 4.77. The van der Waals surface area contributed by atoms with Gasteiger partial charge < -0.3 is 10.3 Å². The second-order valence-corrected chi connectivity index (χ2v) is 4.48. The van der Waals surface area contributed by atoms with Crippen LogP contribution in [0.5, 0.6) is 0 Å². The molecule has 0 bridgehead atoms. The summed E-state index contributed by atoms with van der Waals surface area (Å²) in [5.74, 6) is 1.01. The van der Waals surface area contributed by atoms with Gasteiger partial charge in [0.2, 0.25) is 0 Å². The fraction of sp³-hybridized carbons (Fsp3) is 0.500. The lowest BCUT2D eigenvalue weighted by Crippen LogP contribution is -2.26. The molecule has 2 rings (SSSR count). The van der Waals surface area contributed by atoms with Gasteiger partial charge >= 0.3 is 0 Å². The van der Waals surface area contributed by atoms with Crippen LogP contribution in [0, 0.1) is 0 Å². The standard InChI is InChI=1S/C6H8IN3/c7-6(8)1-3-10-4-2-9-5(6)10/h2,4H,1,3,8H2. The van der Waals surface area contributed by atoms with E-state index in [1.165, 1.54) is 0 Å². The fourth-order valence-corrected chi connectivity index (χ4v) is 1.94. The SMILES string of the molecule is NC1(I)CCn2ccnc21. The third-order valence-electron chi connectivity index (χ3n) is 1.80. The lowest BCUT2D eigenvalue weighted by molar-refractivity contribution is 0.654. The van der Waals surface area contributed by atoms with Crippen molar-refractivity contribution in [2.24, 2.45) is 5.73 Å². The molecule has 0 saturated carbocycles. The van der Waals surface area contributed by atoms with E-state index in [1.54, 1.807) is 6.20 Å². The first-order valence-electron chi connectivity index (χ1n) is 3.19. The van der Waals surface area contributed by atoms with E-state index < -0.39 is 0 Å². The number of halogens is 1. The van der Waals surface area contributed by atoms with Crippen LogP contribution in [-0.2, 0) is 10.1 Å². The molecule has 1 atom stereocenters. The Balaban J connectivity index is 2.54. The van der Waals surface area contributed by atoms with Crippen molar-refractivity contribution in [3.8, 4) is 0 Å². The summed E-state index contributed by atoms with van der Waals surface area (Å²) in [6.45, 7) is 1.01. The number of fused-ring (bicyclic) bond motifs is 1. The number of aryl methyl sites for hydroxylation is 1. The first kappa shape index (κ1) is 6.60. The Morgan fingerprint density at radius 2 is 2.60 bits per heavy atom. The van der Waals surface area contributed by atoms with E-state index in [2.05, 4.69) is 32.1 Å². The van der Waals surface area contributed by atoms with E-state index in [9.17, 15) is 0 Å². The zero-order valence-corrected chi connectivity index (χ0v) is 7.58. The van der Waals surface area contributed by atoms with Gasteiger partial charge in [-0.3, -0.25) is 0 Å². The highest BCUT2D eigenvalue weighted by Crippen LogP contribution is 2.34. The molecule has 1 unspecified atom stereocenters. The van der Waals surface area contributed by atoms with E-state index in [0.29, 0.717) is 0 Å². The number of hydrogen-bond donors (Lipinski definition) is 1. The molecule has 0 fully saturated rings. The highest BCUT2D eigenvalue weighted by Gasteiger charge is 2.33. The fourth-order valence-electron chi connectivity index (χ4n) is 1.25. The molecule has 2 heterocycles. The average molecular weight is 249 g/mol. The van der Waals surface area contributed by atoms with Gasteiger partial charge in [0.05, 0.1) is 0 Å². The van der Waals surface area contributed by atoms with Crippen LogP contribution < -0.4 is 5.73 Å². The molecule has 1 aliphatic heterocycles. The summed E-state index contributed by atoms with van der Waals surface area (Å²) in [7, 11) is 0. The van der Waals surface area contributed by atoms with Crippen molar-refractivity contribution in [3.05, 3.63) is 18.2 Å². The number of hydrogen-bond acceptors (Lipinski definition) is 2. The maximum atomic E-state index is 5.94. The summed E-state index contributed by atoms with van der Waals surface area (Å²) < 4.78 is 1.88. The third-order valence-corrected chi connectivity index (χ3v) is 2.83. The second-order valence-electron chi connectivity index (χ2n) is 2.56. The molecule has 0 amide bonds. The number of rotatable bonds is 0. The van der Waals surface area contributed by atoms with Gasteiger partial charge in [0.1, 0.15) is 9.37 Å². The summed E-state index contributed by atoms with van der Waals surface area (Å²) in [5, 5.41) is 0. The van der Waals surface area contributed by atoms with E-state index in [1.807, 2.05) is 6.20 Å². The normalized spacial score (nSPS) is 30.6. The summed E-state index contributed by atoms with van der Waals surface area (Å²) in [4.78, 5) is 4.18. The molecule has 1 aromatic rings. The van der Waals surface area contributed by atoms with Gasteiger partial charge in [0.25, 0.3) is 0 Å². The Kier molecular flexibility index (Phi) is 1.28. The molecule has 3 nitrogen and oxygen atoms in total. The number of nitrogens with zero attached hydrogens (tertiary/aromatic N) is 2. The molecule has 2 N–H and O–H groups in total. The second kappa shape index (κ2) is 1.94. The molecule has 1 aliphatic rings. The Labute approximate surface area is 72.8 Å². The van der Waals surface area contributed by atoms with Crippen molar-refractivity contribution in [1.29, 1.82) is 0 Å². The molecule has 0 radical (unpaired) electrons. The third kappa shape index (κ3) is 0.784. The quantitative estimate of drug-likeness (QED) is 0.420. The van der Waals surface area contributed by atoms with Crippen LogP contribution in [-0.4, -0.2) is 9.55 Å². The lowest BCUT2D eigenvalue weighted by atomic mass is 10.3. The molecule has 0 aromatic carbocycles. The van der Waals surface area contributed by atoms with Crippen molar-refractivity contribution in [1.82, 2.24) is 9.55 Å². The largest absolute Gasteiger partial charge is 0.333 e. The van der Waals surface area contributed by atoms with E-state index >= 15 is 0 Å². The van der Waals surface area contributed by atoms with Crippen molar-refractivity contribution >= 4 is 22.6 Å². The van der Waals surface area contributed by atoms with Gasteiger partial charge in [-0.1, -0.05) is 22.6 Å². The topological polar surface area (TPSA) is 43.8 Å². The smallest absolute Gasteiger partial charge is 0.139 e. The van der Waals surface area contributed by atoms with Crippen molar-refractivity contribution < 1.29 is 0 Å². The van der Waals surface area contributed by atoms with Crippen LogP contribution in [0.3, 0.4) is 0 Å². The maximum absolute atomic E-state index is 5.94. The van der Waals surface area contributed by atoms with Gasteiger partial charge in [0.15, 0.2) is 0 Å². The molecule has 1 aromatic heterocycles. The van der Waals surface area contributed by atoms with Crippen molar-refractivity contribution in [3.63, 3.8) is 0 Å². The van der Waals surface area contributed by atoms with E-state index in [4.69, 9.17) is 5.73 Å². The summed E-state index contributed by atoms with van der Waals surface area (Å²) >= 11 is 2.25. The van der Waals surface area contributed by atoms with Crippen LogP contribution in [0.2, 0.25) is 0 Å². The average Bonchev–Trinajstić information content (AvgIpc) is 2.36. The van der Waals surface area contributed by atoms with Crippen LogP contribution in [0.1, 0.15) is 12.2 Å². The number of imidazole rings is 1. The van der Waals surface area contributed by atoms with Crippen LogP contribution in [0.15, 0.2) is 12.4 Å². The molecular formula is C6H8IN3. The van der Waals surface area contributed by atoms with Gasteiger partial charge in [-0.05, 0) is 6.42 Å². The Bertz CT molecular complexity index is 253. The highest BCUT2D eigenvalue weighted by atomic mass is 127. The first-order chi connectivity index (χ1) is 4.70. The molecule has 10 heavy (non-hydrogen) atoms. The van der Waals surface area contributed by atoms with Crippen LogP contribution in [0.25, 0.3) is 0 Å². The number of aromatic nitrogens is 2. The zero-order chi connectivity index (χ0) is 7.19. The minimum absolute atomic E-state index is 0.221. The molecular weight excluding hydrogens is 241 g/mol. The summed E-state index contributed by atoms with van der Waals surface area (Å²) in [6, 6.07) is 0. The van der Waals surface area contributed by atoms with E-state index in [-0.39, 0.29) is 3.55 Å². The molecule has 54 valence electrons. The van der Waals surface area contributed by atoms with Gasteiger partial charge in [0, 0.05) is 18.9 Å². The highest BCUT2D eigenvalue weighted by molar-refractivity contribution is 14.1. The van der Waals surface area contributed by atoms with Crippen molar-refractivity contribution in [2.75, 3.05) is 0 Å². The predicted octanol–water partition coefficient (Wildman–Crippen LogP) is 0.833. The Hall–Kier alpha value is -0.100. The molecule has 0 spiro atoms. The van der Waals surface area contributed by atoms with Gasteiger partial charge in [-0.15, -0.1) is 0 Å². The predicted molar refractivity (Wildman–Crippen MR) is 46.7 cm³/mol. The first-order valence-corrected chi connectivity index (χ1v) is 4.27. The molecule has 0 aliphatic carbocycles. The minimum atomic E-state index is -0.221. The van der Waals surface area contributed by atoms with E-state index in [0.717, 1.165) is 18.8 Å². The maximum Gasteiger partial charge on any atom is 0.139 e. The zero-order valence-electron chi connectivity index (χ0n) is 5.42. The molecule has 0 saturated heterocycles. The minimum Gasteiger partial charge on any atom is -0.333 e. The number of nitrogens with two attached hydrogens (primary N) is 1. The Morgan fingerprint density at radius 3 is 3.30 bits per heavy atom. The van der Waals surface area contributed by atoms with Crippen LogP contribution in [0.4, 0.5) is 0 Å². The molecule has 4 heteroatoms. The monoisotopic (exact) mass is 249 g/mol. The Morgan fingerprint density at radius 1 is 1.80 bits per heavy atom. The van der Waals surface area contributed by atoms with Gasteiger partial charge in [-0.25, -0.2) is 4.98 Å². The number of alkyl halides is 1. The summed E-state index contributed by atoms with van der Waals surface area (Å²) in [5.41, 5.74) is 5.94. The van der Waals surface area contributed by atoms with Gasteiger partial charge in [-0.2, -0.15) is 0 Å². The van der Waals surface area contributed by atoms with Crippen LogP contribution >= 0.6 is 22.6 Å². The lowest BCUT2D eigenvalue weighted by Gasteiger charge is -2.11.